The Bertz CT molecular complexity index is 2330. The molecule has 5 heterocycles. The van der Waals surface area contributed by atoms with Gasteiger partial charge in [0.2, 0.25) is 0 Å². The predicted molar refractivity (Wildman–Crippen MR) is 263 cm³/mol. The zero-order valence-corrected chi connectivity index (χ0v) is 40.8. The molecule has 0 fully saturated rings. The molecule has 2 aromatic heterocycles. The van der Waals surface area contributed by atoms with Crippen LogP contribution in [0.2, 0.25) is 0 Å². The lowest BCUT2D eigenvalue weighted by atomic mass is 9.83. The first kappa shape index (κ1) is 49.0. The van der Waals surface area contributed by atoms with Gasteiger partial charge in [-0.3, -0.25) is 14.6 Å². The van der Waals surface area contributed by atoms with Crippen LogP contribution < -0.4 is 15.9 Å². The van der Waals surface area contributed by atoms with E-state index in [0.29, 0.717) is 48.4 Å². The molecule has 7 atom stereocenters. The number of allylic oxidation sites excluding steroid dienone is 4. The van der Waals surface area contributed by atoms with Crippen molar-refractivity contribution in [2.75, 3.05) is 13.7 Å². The Morgan fingerprint density at radius 2 is 1.70 bits per heavy atom. The lowest BCUT2D eigenvalue weighted by Gasteiger charge is -2.22. The number of aliphatic imine (C=N–C) groups is 1. The van der Waals surface area contributed by atoms with Crippen molar-refractivity contribution in [1.29, 1.82) is 0 Å². The molecule has 64 heavy (non-hydrogen) atoms. The van der Waals surface area contributed by atoms with Gasteiger partial charge in [0, 0.05) is 79.9 Å². The van der Waals surface area contributed by atoms with Crippen LogP contribution in [0, 0.1) is 48.3 Å². The van der Waals surface area contributed by atoms with E-state index in [9.17, 15) is 14.7 Å². The summed E-state index contributed by atoms with van der Waals surface area (Å²) >= 11 is 0. The molecule has 8 bridgehead atoms. The summed E-state index contributed by atoms with van der Waals surface area (Å²) in [6.07, 6.45) is 20.9. The number of esters is 1. The second-order valence-electron chi connectivity index (χ2n) is 20.0. The number of carbonyl (C=O) groups is 2. The van der Waals surface area contributed by atoms with E-state index >= 15 is 0 Å². The number of ether oxygens (including phenoxy) is 2. The molecule has 0 saturated heterocycles. The number of aliphatic hydroxyl groups excluding tert-OH is 1. The molecule has 0 amide bonds. The topological polar surface area (TPSA) is 129 Å². The predicted octanol–water partition coefficient (Wildman–Crippen LogP) is 10.9. The molecule has 4 N–H and O–H groups in total. The van der Waals surface area contributed by atoms with Crippen molar-refractivity contribution in [2.45, 2.75) is 152 Å². The second-order valence-corrected chi connectivity index (χ2v) is 20.0. The number of nitrogens with zero attached hydrogens (tertiary/aromatic N) is 1. The highest BCUT2D eigenvalue weighted by Gasteiger charge is 2.48. The number of methoxy groups -OCH3 is 1. The molecule has 2 unspecified atom stereocenters. The Balaban J connectivity index is 1.20. The van der Waals surface area contributed by atoms with E-state index in [4.69, 9.17) is 14.5 Å². The Labute approximate surface area is 383 Å². The molecule has 348 valence electrons. The fourth-order valence-corrected chi connectivity index (χ4v) is 10.7. The number of aromatic nitrogens is 2. The van der Waals surface area contributed by atoms with E-state index in [1.807, 2.05) is 19.1 Å². The molecular formula is C55H78N4O5. The summed E-state index contributed by atoms with van der Waals surface area (Å²) in [6.45, 7) is 29.0. The van der Waals surface area contributed by atoms with Crippen LogP contribution in [0.3, 0.4) is 0 Å². The minimum Gasteiger partial charge on any atom is -0.468 e. The number of aliphatic hydroxyl groups is 1. The highest BCUT2D eigenvalue weighted by molar-refractivity contribution is 6.25. The molecule has 0 spiro atoms. The van der Waals surface area contributed by atoms with Gasteiger partial charge in [-0.1, -0.05) is 124 Å². The fraction of sp³-hybridized carbons (Fsp3) is 0.582. The Morgan fingerprint density at radius 1 is 1.02 bits per heavy atom. The third-order valence-electron chi connectivity index (χ3n) is 14.8. The van der Waals surface area contributed by atoms with Crippen molar-refractivity contribution in [1.82, 2.24) is 15.3 Å². The molecule has 1 aliphatic carbocycles. The van der Waals surface area contributed by atoms with Crippen molar-refractivity contribution in [2.24, 2.45) is 46.4 Å². The normalized spacial score (nSPS) is 24.1. The SMILES string of the molecule is C=Cc1c2[nH]c(c1=C)=CC1=N/C(=C3\c4[nH]c(c(C)c4C(=O)[C@@H]3C(=O)OC)CC3=C(CC)C(C)/C(=C/2)N3)[C@@H](CCC(O)OC/C=C(\C)CCC[C@H](C)CCC[C@H](C)CCCC(C)C)[C@@H]1C. The fourth-order valence-electron chi connectivity index (χ4n) is 10.7. The summed E-state index contributed by atoms with van der Waals surface area (Å²) < 4.78 is 11.3. The van der Waals surface area contributed by atoms with Gasteiger partial charge in [-0.15, -0.1) is 0 Å². The third-order valence-corrected chi connectivity index (χ3v) is 14.8. The molecule has 9 heteroatoms. The number of nitrogens with one attached hydrogen (secondary N) is 3. The average molecular weight is 875 g/mol. The summed E-state index contributed by atoms with van der Waals surface area (Å²) in [6, 6.07) is 0. The zero-order chi connectivity index (χ0) is 46.4. The zero-order valence-electron chi connectivity index (χ0n) is 40.8. The van der Waals surface area contributed by atoms with Crippen LogP contribution in [0.25, 0.3) is 30.4 Å². The largest absolute Gasteiger partial charge is 0.468 e. The molecular weight excluding hydrogens is 797 g/mol. The Hall–Kier alpha value is -4.47. The summed E-state index contributed by atoms with van der Waals surface area (Å²) in [4.78, 5) is 40.6. The standard InChI is InChI=1S/C55H78N4O5/c1-13-39-35(8)42-28-44-37(10)41(24-25-48(60)64-27-26-34(7)23-17-22-33(6)21-16-20-32(5)19-15-18-31(3)4)52(58-44)50-51(55(62)63-12)54(61)49-38(11)45(59-53(49)50)30-47-40(14-2)36(9)43(57-47)29-46(39)56-42/h13,26,28-29,31-33,36-37,41,48,51,56-57,59-60H,1,8,14-25,27,30H2,2-7,9-12H3/b34-26+,42-28?,43-29-,52-50-/t32-,33-,36?,37+,41+,48?,51-/m1/s1. The van der Waals surface area contributed by atoms with Crippen LogP contribution >= 0.6 is 0 Å². The van der Waals surface area contributed by atoms with Crippen molar-refractivity contribution in [3.8, 4) is 0 Å². The number of rotatable bonds is 21. The van der Waals surface area contributed by atoms with Gasteiger partial charge in [0.05, 0.1) is 25.1 Å². The van der Waals surface area contributed by atoms with E-state index in [0.717, 1.165) is 87.2 Å². The van der Waals surface area contributed by atoms with Gasteiger partial charge in [-0.2, -0.15) is 0 Å². The average Bonchev–Trinajstić information content (AvgIpc) is 3.99. The molecule has 0 aromatic carbocycles. The number of carbonyl (C=O) groups excluding carboxylic acids is 2. The summed E-state index contributed by atoms with van der Waals surface area (Å²) in [5, 5.41) is 16.6. The smallest absolute Gasteiger partial charge is 0.321 e. The van der Waals surface area contributed by atoms with Gasteiger partial charge in [0.25, 0.3) is 0 Å². The lowest BCUT2D eigenvalue weighted by Crippen LogP contribution is -2.26. The first-order valence-corrected chi connectivity index (χ1v) is 24.4. The van der Waals surface area contributed by atoms with E-state index in [1.54, 1.807) is 0 Å². The number of Topliss-reactive ketones (excluding diaryl/α,β-unsaturated/α-hetero) is 1. The molecule has 0 radical (unpaired) electrons. The van der Waals surface area contributed by atoms with Crippen molar-refractivity contribution in [3.63, 3.8) is 0 Å². The number of hydrogen-bond donors (Lipinski definition) is 4. The minimum absolute atomic E-state index is 0.118. The maximum Gasteiger partial charge on any atom is 0.321 e. The van der Waals surface area contributed by atoms with E-state index in [-0.39, 0.29) is 23.5 Å². The molecule has 4 aliphatic rings. The molecule has 6 rings (SSSR count). The van der Waals surface area contributed by atoms with E-state index in [1.165, 1.54) is 63.2 Å². The van der Waals surface area contributed by atoms with Crippen molar-refractivity contribution in [3.05, 3.63) is 85.2 Å². The van der Waals surface area contributed by atoms with Gasteiger partial charge < -0.3 is 29.9 Å². The van der Waals surface area contributed by atoms with Crippen molar-refractivity contribution < 1.29 is 24.2 Å². The van der Waals surface area contributed by atoms with Gasteiger partial charge in [0.1, 0.15) is 5.92 Å². The summed E-state index contributed by atoms with van der Waals surface area (Å²) in [5.41, 5.74) is 11.6. The van der Waals surface area contributed by atoms with Gasteiger partial charge in [0.15, 0.2) is 12.1 Å². The second kappa shape index (κ2) is 21.7. The van der Waals surface area contributed by atoms with Crippen LogP contribution in [0.4, 0.5) is 0 Å². The van der Waals surface area contributed by atoms with Crippen LogP contribution in [0.1, 0.15) is 171 Å². The monoisotopic (exact) mass is 875 g/mol. The number of hydrogen-bond acceptors (Lipinski definition) is 7. The Kier molecular flexibility index (Phi) is 16.6. The van der Waals surface area contributed by atoms with Gasteiger partial charge >= 0.3 is 5.97 Å². The highest BCUT2D eigenvalue weighted by Crippen LogP contribution is 2.48. The van der Waals surface area contributed by atoms with Crippen molar-refractivity contribution >= 4 is 47.8 Å². The number of fused-ring (bicyclic) bond motifs is 6. The third kappa shape index (κ3) is 10.8. The van der Waals surface area contributed by atoms with E-state index in [2.05, 4.69) is 96.0 Å². The number of aromatic amines is 2. The number of H-pyrrole nitrogens is 2. The molecule has 3 aliphatic heterocycles. The summed E-state index contributed by atoms with van der Waals surface area (Å²) in [5.74, 6) is 0.161. The summed E-state index contributed by atoms with van der Waals surface area (Å²) in [7, 11) is 1.33. The quantitative estimate of drug-likeness (QED) is 0.0428. The molecule has 2 aromatic rings. The first-order valence-electron chi connectivity index (χ1n) is 24.4. The lowest BCUT2D eigenvalue weighted by molar-refractivity contribution is -0.141. The Morgan fingerprint density at radius 3 is 2.36 bits per heavy atom. The maximum atomic E-state index is 14.4. The molecule has 0 saturated carbocycles. The van der Waals surface area contributed by atoms with Crippen LogP contribution in [0.5, 0.6) is 0 Å². The van der Waals surface area contributed by atoms with Crippen LogP contribution in [-0.4, -0.2) is 52.5 Å². The van der Waals surface area contributed by atoms with Crippen LogP contribution in [-0.2, 0) is 20.7 Å². The highest BCUT2D eigenvalue weighted by atomic mass is 16.6. The van der Waals surface area contributed by atoms with Gasteiger partial charge in [-0.05, 0) is 87.0 Å². The first-order chi connectivity index (χ1) is 30.6. The maximum absolute atomic E-state index is 14.4. The molecule has 9 nitrogen and oxygen atoms in total. The number of ketones is 1. The van der Waals surface area contributed by atoms with Crippen LogP contribution in [0.15, 0.2) is 45.9 Å². The minimum atomic E-state index is -1.14. The van der Waals surface area contributed by atoms with Gasteiger partial charge in [-0.25, -0.2) is 0 Å². The van der Waals surface area contributed by atoms with E-state index < -0.39 is 18.2 Å².